The maximum atomic E-state index is 12.1. The van der Waals surface area contributed by atoms with E-state index in [1.54, 1.807) is 0 Å². The van der Waals surface area contributed by atoms with Gasteiger partial charge in [0, 0.05) is 28.4 Å². The van der Waals surface area contributed by atoms with Crippen LogP contribution in [-0.2, 0) is 0 Å². The fraction of sp³-hybridized carbons (Fsp3) is 0.500. The first kappa shape index (κ1) is 15.4. The molecule has 0 saturated heterocycles. The van der Waals surface area contributed by atoms with Crippen molar-refractivity contribution in [2.45, 2.75) is 50.1 Å². The molecule has 4 heteroatoms. The third-order valence-corrected chi connectivity index (χ3v) is 5.37. The smallest absolute Gasteiger partial charge is 0.315 e. The van der Waals surface area contributed by atoms with Gasteiger partial charge in [0.25, 0.3) is 0 Å². The molecule has 0 radical (unpaired) electrons. The molecule has 3 nitrogen and oxygen atoms in total. The number of benzene rings is 1. The molecule has 0 spiro atoms. The Balaban J connectivity index is 1.54. The van der Waals surface area contributed by atoms with Gasteiger partial charge in [-0.1, -0.05) is 34.5 Å². The van der Waals surface area contributed by atoms with Gasteiger partial charge in [-0.15, -0.1) is 12.3 Å². The predicted octanol–water partition coefficient (Wildman–Crippen LogP) is 3.80. The van der Waals surface area contributed by atoms with Crippen LogP contribution >= 0.6 is 15.9 Å². The highest BCUT2D eigenvalue weighted by molar-refractivity contribution is 9.10. The van der Waals surface area contributed by atoms with Crippen LogP contribution in [0.4, 0.5) is 4.79 Å². The molecule has 0 aromatic heterocycles. The molecule has 0 aliphatic heterocycles. The summed E-state index contributed by atoms with van der Waals surface area (Å²) in [6, 6.07) is 8.86. The molecule has 3 rings (SSSR count). The summed E-state index contributed by atoms with van der Waals surface area (Å²) in [5.41, 5.74) is 1.31. The van der Waals surface area contributed by atoms with Gasteiger partial charge in [-0.25, -0.2) is 4.79 Å². The molecule has 2 unspecified atom stereocenters. The van der Waals surface area contributed by atoms with Crippen molar-refractivity contribution in [2.75, 3.05) is 0 Å². The highest BCUT2D eigenvalue weighted by Crippen LogP contribution is 2.35. The van der Waals surface area contributed by atoms with Crippen LogP contribution in [0.3, 0.4) is 0 Å². The Morgan fingerprint density at radius 3 is 2.59 bits per heavy atom. The van der Waals surface area contributed by atoms with Crippen molar-refractivity contribution in [3.8, 4) is 12.3 Å². The number of carbonyl (C=O) groups excluding carboxylic acids is 1. The van der Waals surface area contributed by atoms with Gasteiger partial charge < -0.3 is 10.6 Å². The van der Waals surface area contributed by atoms with Crippen LogP contribution in [0.2, 0.25) is 0 Å². The van der Waals surface area contributed by atoms with E-state index in [1.165, 1.54) is 5.56 Å². The Morgan fingerprint density at radius 2 is 1.91 bits per heavy atom. The third-order valence-electron chi connectivity index (χ3n) is 4.84. The van der Waals surface area contributed by atoms with Crippen LogP contribution < -0.4 is 10.6 Å². The van der Waals surface area contributed by atoms with Gasteiger partial charge in [0.1, 0.15) is 0 Å². The van der Waals surface area contributed by atoms with Crippen molar-refractivity contribution >= 4 is 22.0 Å². The number of hydrogen-bond acceptors (Lipinski definition) is 1. The quantitative estimate of drug-likeness (QED) is 0.790. The fourth-order valence-electron chi connectivity index (χ4n) is 3.51. The van der Waals surface area contributed by atoms with Crippen LogP contribution in [0.15, 0.2) is 28.7 Å². The van der Waals surface area contributed by atoms with Crippen molar-refractivity contribution in [1.82, 2.24) is 10.6 Å². The minimum atomic E-state index is -0.0468. The fourth-order valence-corrected chi connectivity index (χ4v) is 3.77. The molecule has 0 heterocycles. The number of halogens is 1. The van der Waals surface area contributed by atoms with Crippen LogP contribution in [-0.4, -0.2) is 18.1 Å². The second kappa shape index (κ2) is 6.75. The molecule has 2 amide bonds. The molecule has 2 aliphatic carbocycles. The van der Waals surface area contributed by atoms with E-state index in [9.17, 15) is 4.79 Å². The van der Waals surface area contributed by atoms with Gasteiger partial charge in [0.05, 0.1) is 0 Å². The van der Waals surface area contributed by atoms with E-state index < -0.39 is 0 Å². The second-order valence-electron chi connectivity index (χ2n) is 6.35. The molecule has 2 atom stereocenters. The predicted molar refractivity (Wildman–Crippen MR) is 91.5 cm³/mol. The summed E-state index contributed by atoms with van der Waals surface area (Å²) in [5, 5.41) is 6.20. The average Bonchev–Trinajstić information content (AvgIpc) is 2.91. The molecule has 1 aromatic rings. The highest BCUT2D eigenvalue weighted by atomic mass is 79.9. The van der Waals surface area contributed by atoms with E-state index in [0.717, 1.165) is 36.6 Å². The number of amides is 2. The minimum Gasteiger partial charge on any atom is -0.335 e. The Bertz CT molecular complexity index is 572. The number of rotatable bonds is 3. The van der Waals surface area contributed by atoms with E-state index in [4.69, 9.17) is 6.42 Å². The molecule has 2 N–H and O–H groups in total. The molecule has 2 aliphatic rings. The SMILES string of the molecule is C#CC1CC(NC(=O)NC2CCCC2c2ccc(Br)cc2)C1. The van der Waals surface area contributed by atoms with Gasteiger partial charge in [-0.05, 0) is 43.4 Å². The maximum absolute atomic E-state index is 12.1. The lowest BCUT2D eigenvalue weighted by Crippen LogP contribution is -2.50. The largest absolute Gasteiger partial charge is 0.335 e. The minimum absolute atomic E-state index is 0.0468. The summed E-state index contributed by atoms with van der Waals surface area (Å²) >= 11 is 3.47. The Hall–Kier alpha value is -1.47. The van der Waals surface area contributed by atoms with Gasteiger partial charge in [0.15, 0.2) is 0 Å². The molecular formula is C18H21BrN2O. The number of carbonyl (C=O) groups is 1. The summed E-state index contributed by atoms with van der Waals surface area (Å²) < 4.78 is 1.09. The lowest BCUT2D eigenvalue weighted by Gasteiger charge is -2.33. The first-order valence-electron chi connectivity index (χ1n) is 7.94. The van der Waals surface area contributed by atoms with Crippen LogP contribution in [0, 0.1) is 18.3 Å². The zero-order chi connectivity index (χ0) is 15.5. The lowest BCUT2D eigenvalue weighted by molar-refractivity contribution is 0.215. The molecule has 2 fully saturated rings. The molecule has 0 bridgehead atoms. The second-order valence-corrected chi connectivity index (χ2v) is 7.26. The van der Waals surface area contributed by atoms with Crippen molar-refractivity contribution in [2.24, 2.45) is 5.92 Å². The van der Waals surface area contributed by atoms with Crippen molar-refractivity contribution < 1.29 is 4.79 Å². The normalized spacial score (nSPS) is 30.2. The first-order valence-corrected chi connectivity index (χ1v) is 8.73. The maximum Gasteiger partial charge on any atom is 0.315 e. The summed E-state index contributed by atoms with van der Waals surface area (Å²) in [6.07, 6.45) is 10.5. The summed E-state index contributed by atoms with van der Waals surface area (Å²) in [7, 11) is 0. The molecule has 116 valence electrons. The third kappa shape index (κ3) is 3.47. The van der Waals surface area contributed by atoms with Gasteiger partial charge >= 0.3 is 6.03 Å². The van der Waals surface area contributed by atoms with Crippen molar-refractivity contribution in [3.63, 3.8) is 0 Å². The zero-order valence-electron chi connectivity index (χ0n) is 12.5. The highest BCUT2D eigenvalue weighted by Gasteiger charge is 2.32. The molecule has 1 aromatic carbocycles. The molecular weight excluding hydrogens is 340 g/mol. The first-order chi connectivity index (χ1) is 10.7. The Labute approximate surface area is 140 Å². The van der Waals surface area contributed by atoms with Crippen molar-refractivity contribution in [1.29, 1.82) is 0 Å². The van der Waals surface area contributed by atoms with E-state index >= 15 is 0 Å². The monoisotopic (exact) mass is 360 g/mol. The van der Waals surface area contributed by atoms with Crippen molar-refractivity contribution in [3.05, 3.63) is 34.3 Å². The number of hydrogen-bond donors (Lipinski definition) is 2. The molecule has 2 saturated carbocycles. The van der Waals surface area contributed by atoms with Crippen LogP contribution in [0.5, 0.6) is 0 Å². The summed E-state index contributed by atoms with van der Waals surface area (Å²) in [6.45, 7) is 0. The average molecular weight is 361 g/mol. The van der Waals surface area contributed by atoms with E-state index in [2.05, 4.69) is 56.7 Å². The Morgan fingerprint density at radius 1 is 1.18 bits per heavy atom. The lowest BCUT2D eigenvalue weighted by atomic mass is 9.81. The number of terminal acetylenes is 1. The van der Waals surface area contributed by atoms with E-state index in [1.807, 2.05) is 0 Å². The van der Waals surface area contributed by atoms with Crippen LogP contribution in [0.1, 0.15) is 43.6 Å². The standard InChI is InChI=1S/C18H21BrN2O/c1-2-12-10-15(11-12)20-18(22)21-17-5-3-4-16(17)13-6-8-14(19)9-7-13/h1,6-9,12,15-17H,3-5,10-11H2,(H2,20,21,22). The number of nitrogens with one attached hydrogen (secondary N) is 2. The summed E-state index contributed by atoms with van der Waals surface area (Å²) in [5.74, 6) is 3.49. The molecule has 22 heavy (non-hydrogen) atoms. The Kier molecular flexibility index (Phi) is 4.73. The van der Waals surface area contributed by atoms with Crippen LogP contribution in [0.25, 0.3) is 0 Å². The topological polar surface area (TPSA) is 41.1 Å². The summed E-state index contributed by atoms with van der Waals surface area (Å²) in [4.78, 5) is 12.1. The van der Waals surface area contributed by atoms with E-state index in [0.29, 0.717) is 11.8 Å². The van der Waals surface area contributed by atoms with E-state index in [-0.39, 0.29) is 18.1 Å². The van der Waals surface area contributed by atoms with Gasteiger partial charge in [0.2, 0.25) is 0 Å². The number of urea groups is 1. The zero-order valence-corrected chi connectivity index (χ0v) is 14.1. The van der Waals surface area contributed by atoms with Gasteiger partial charge in [-0.3, -0.25) is 0 Å². The van der Waals surface area contributed by atoms with Gasteiger partial charge in [-0.2, -0.15) is 0 Å².